The molecule has 1 aromatic carbocycles. The lowest BCUT2D eigenvalue weighted by Crippen LogP contribution is -2.11. The quantitative estimate of drug-likeness (QED) is 0.846. The van der Waals surface area contributed by atoms with Gasteiger partial charge in [0.1, 0.15) is 0 Å². The van der Waals surface area contributed by atoms with E-state index >= 15 is 0 Å². The van der Waals surface area contributed by atoms with E-state index in [0.29, 0.717) is 6.42 Å². The average molecular weight is 217 g/mol. The van der Waals surface area contributed by atoms with Crippen molar-refractivity contribution in [1.29, 1.82) is 5.26 Å². The smallest absolute Gasteiger partial charge is 0.0734 e. The summed E-state index contributed by atoms with van der Waals surface area (Å²) in [7, 11) is 0. The van der Waals surface area contributed by atoms with Crippen molar-refractivity contribution < 1.29 is 5.11 Å². The van der Waals surface area contributed by atoms with Crippen LogP contribution in [-0.4, -0.2) is 11.7 Å². The van der Waals surface area contributed by atoms with Crippen LogP contribution >= 0.6 is 0 Å². The summed E-state index contributed by atoms with van der Waals surface area (Å²) in [6.07, 6.45) is 0.622. The monoisotopic (exact) mass is 217 g/mol. The lowest BCUT2D eigenvalue weighted by Gasteiger charge is -2.19. The van der Waals surface area contributed by atoms with E-state index in [1.165, 1.54) is 5.56 Å². The Morgan fingerprint density at radius 2 is 1.81 bits per heavy atom. The van der Waals surface area contributed by atoms with Crippen molar-refractivity contribution in [3.8, 4) is 6.07 Å². The lowest BCUT2D eigenvalue weighted by atomic mass is 9.86. The van der Waals surface area contributed by atoms with Gasteiger partial charge in [0.25, 0.3) is 0 Å². The van der Waals surface area contributed by atoms with Crippen LogP contribution in [-0.2, 0) is 11.8 Å². The Labute approximate surface area is 97.5 Å². The first-order chi connectivity index (χ1) is 7.47. The summed E-state index contributed by atoms with van der Waals surface area (Å²) in [4.78, 5) is 0. The lowest BCUT2D eigenvalue weighted by molar-refractivity contribution is 0.255. The number of hydrogen-bond donors (Lipinski definition) is 1. The molecule has 0 bridgehead atoms. The number of rotatable bonds is 3. The molecule has 0 aliphatic heterocycles. The maximum Gasteiger partial charge on any atom is 0.0734 e. The average Bonchev–Trinajstić information content (AvgIpc) is 2.25. The Bertz CT molecular complexity index is 367. The van der Waals surface area contributed by atoms with Crippen LogP contribution in [0.15, 0.2) is 24.3 Å². The van der Waals surface area contributed by atoms with Gasteiger partial charge in [0, 0.05) is 0 Å². The highest BCUT2D eigenvalue weighted by molar-refractivity contribution is 5.28. The summed E-state index contributed by atoms with van der Waals surface area (Å²) in [5.41, 5.74) is 2.55. The predicted octanol–water partition coefficient (Wildman–Crippen LogP) is 2.66. The van der Waals surface area contributed by atoms with E-state index in [4.69, 9.17) is 10.4 Å². The van der Waals surface area contributed by atoms with Crippen molar-refractivity contribution >= 4 is 0 Å². The van der Waals surface area contributed by atoms with E-state index in [1.54, 1.807) is 0 Å². The highest BCUT2D eigenvalue weighted by Crippen LogP contribution is 2.22. The van der Waals surface area contributed by atoms with Crippen LogP contribution in [0.25, 0.3) is 0 Å². The standard InChI is InChI=1S/C14H19NO/c1-14(2,3)13-6-4-11(5-7-13)8-12(9-15)10-16/h4-7,12,16H,8,10H2,1-3H3. The largest absolute Gasteiger partial charge is 0.395 e. The van der Waals surface area contributed by atoms with E-state index in [9.17, 15) is 0 Å². The van der Waals surface area contributed by atoms with Crippen molar-refractivity contribution in [3.63, 3.8) is 0 Å². The van der Waals surface area contributed by atoms with Crippen LogP contribution in [0.5, 0.6) is 0 Å². The zero-order valence-corrected chi connectivity index (χ0v) is 10.2. The third-order valence-corrected chi connectivity index (χ3v) is 2.71. The Hall–Kier alpha value is -1.33. The van der Waals surface area contributed by atoms with Crippen molar-refractivity contribution in [3.05, 3.63) is 35.4 Å². The minimum atomic E-state index is -0.291. The summed E-state index contributed by atoms with van der Waals surface area (Å²) >= 11 is 0. The molecule has 0 aliphatic rings. The maximum atomic E-state index is 8.95. The Morgan fingerprint density at radius 1 is 1.25 bits per heavy atom. The molecular formula is C14H19NO. The zero-order chi connectivity index (χ0) is 12.2. The van der Waals surface area contributed by atoms with Crippen LogP contribution in [0.4, 0.5) is 0 Å². The molecule has 2 heteroatoms. The van der Waals surface area contributed by atoms with Gasteiger partial charge in [-0.25, -0.2) is 0 Å². The number of nitriles is 1. The second-order valence-corrected chi connectivity index (χ2v) is 5.16. The van der Waals surface area contributed by atoms with Gasteiger partial charge >= 0.3 is 0 Å². The van der Waals surface area contributed by atoms with E-state index in [-0.39, 0.29) is 17.9 Å². The third-order valence-electron chi connectivity index (χ3n) is 2.71. The molecule has 0 aliphatic carbocycles. The number of nitrogens with zero attached hydrogens (tertiary/aromatic N) is 1. The summed E-state index contributed by atoms with van der Waals surface area (Å²) in [5.74, 6) is -0.291. The first-order valence-electron chi connectivity index (χ1n) is 5.57. The van der Waals surface area contributed by atoms with Crippen LogP contribution in [0.2, 0.25) is 0 Å². The molecule has 1 atom stereocenters. The molecule has 1 unspecified atom stereocenters. The van der Waals surface area contributed by atoms with Gasteiger partial charge in [0.2, 0.25) is 0 Å². The van der Waals surface area contributed by atoms with Crippen LogP contribution in [0.1, 0.15) is 31.9 Å². The number of benzene rings is 1. The zero-order valence-electron chi connectivity index (χ0n) is 10.2. The molecule has 0 amide bonds. The molecule has 1 rings (SSSR count). The van der Waals surface area contributed by atoms with Gasteiger partial charge < -0.3 is 5.11 Å². The normalized spacial score (nSPS) is 13.2. The molecule has 0 saturated heterocycles. The molecular weight excluding hydrogens is 198 g/mol. The van der Waals surface area contributed by atoms with Gasteiger partial charge in [-0.1, -0.05) is 45.0 Å². The van der Waals surface area contributed by atoms with E-state index in [0.717, 1.165) is 5.56 Å². The number of hydrogen-bond acceptors (Lipinski definition) is 2. The van der Waals surface area contributed by atoms with Crippen molar-refractivity contribution in [1.82, 2.24) is 0 Å². The van der Waals surface area contributed by atoms with Gasteiger partial charge in [-0.2, -0.15) is 5.26 Å². The molecule has 0 aromatic heterocycles. The van der Waals surface area contributed by atoms with Gasteiger partial charge in [-0.15, -0.1) is 0 Å². The minimum absolute atomic E-state index is 0.0719. The van der Waals surface area contributed by atoms with E-state index < -0.39 is 0 Å². The van der Waals surface area contributed by atoms with Gasteiger partial charge in [0.05, 0.1) is 18.6 Å². The molecule has 0 saturated carbocycles. The van der Waals surface area contributed by atoms with Gasteiger partial charge in [-0.05, 0) is 23.0 Å². The Morgan fingerprint density at radius 3 is 2.19 bits per heavy atom. The van der Waals surface area contributed by atoms with Crippen molar-refractivity contribution in [2.45, 2.75) is 32.6 Å². The fraction of sp³-hybridized carbons (Fsp3) is 0.500. The Kier molecular flexibility index (Phi) is 4.09. The number of aliphatic hydroxyl groups excluding tert-OH is 1. The van der Waals surface area contributed by atoms with Gasteiger partial charge in [-0.3, -0.25) is 0 Å². The molecule has 1 N–H and O–H groups in total. The summed E-state index contributed by atoms with van der Waals surface area (Å²) in [6.45, 7) is 6.45. The number of aliphatic hydroxyl groups is 1. The third kappa shape index (κ3) is 3.36. The first kappa shape index (κ1) is 12.7. The molecule has 1 aromatic rings. The highest BCUT2D eigenvalue weighted by atomic mass is 16.3. The van der Waals surface area contributed by atoms with Gasteiger partial charge in [0.15, 0.2) is 0 Å². The summed E-state index contributed by atoms with van der Waals surface area (Å²) < 4.78 is 0. The van der Waals surface area contributed by atoms with Crippen molar-refractivity contribution in [2.75, 3.05) is 6.61 Å². The topological polar surface area (TPSA) is 44.0 Å². The highest BCUT2D eigenvalue weighted by Gasteiger charge is 2.13. The van der Waals surface area contributed by atoms with E-state index in [1.807, 2.05) is 12.1 Å². The molecule has 0 radical (unpaired) electrons. The molecule has 0 fully saturated rings. The second kappa shape index (κ2) is 5.14. The molecule has 0 spiro atoms. The SMILES string of the molecule is CC(C)(C)c1ccc(CC(C#N)CO)cc1. The van der Waals surface area contributed by atoms with Crippen LogP contribution in [0, 0.1) is 17.2 Å². The molecule has 0 heterocycles. The van der Waals surface area contributed by atoms with Crippen LogP contribution < -0.4 is 0 Å². The fourth-order valence-corrected chi connectivity index (χ4v) is 1.58. The second-order valence-electron chi connectivity index (χ2n) is 5.16. The molecule has 2 nitrogen and oxygen atoms in total. The van der Waals surface area contributed by atoms with Crippen molar-refractivity contribution in [2.24, 2.45) is 5.92 Å². The fourth-order valence-electron chi connectivity index (χ4n) is 1.58. The molecule has 16 heavy (non-hydrogen) atoms. The maximum absolute atomic E-state index is 8.95. The summed E-state index contributed by atoms with van der Waals surface area (Å²) in [5, 5.41) is 17.7. The first-order valence-corrected chi connectivity index (χ1v) is 5.57. The summed E-state index contributed by atoms with van der Waals surface area (Å²) in [6, 6.07) is 10.4. The Balaban J connectivity index is 2.77. The van der Waals surface area contributed by atoms with Crippen LogP contribution in [0.3, 0.4) is 0 Å². The molecule has 86 valence electrons. The van der Waals surface area contributed by atoms with E-state index in [2.05, 4.69) is 39.0 Å². The predicted molar refractivity (Wildman–Crippen MR) is 65.0 cm³/mol. The minimum Gasteiger partial charge on any atom is -0.395 e.